The van der Waals surface area contributed by atoms with Gasteiger partial charge in [-0.1, -0.05) is 43.0 Å². The van der Waals surface area contributed by atoms with E-state index >= 15 is 0 Å². The molecule has 16 heavy (non-hydrogen) atoms. The molecule has 1 aromatic rings. The molecule has 0 saturated heterocycles. The summed E-state index contributed by atoms with van der Waals surface area (Å²) in [7, 11) is 1.94. The highest BCUT2D eigenvalue weighted by Gasteiger charge is 2.05. The van der Waals surface area contributed by atoms with Crippen LogP contribution in [-0.2, 0) is 0 Å². The van der Waals surface area contributed by atoms with Crippen LogP contribution in [0.2, 0.25) is 0 Å². The fraction of sp³-hybridized carbons (Fsp3) is 0.200. The predicted octanol–water partition coefficient (Wildman–Crippen LogP) is 4.26. The molecular formula is C15H19N. The van der Waals surface area contributed by atoms with E-state index in [4.69, 9.17) is 0 Å². The molecule has 1 N–H and O–H groups in total. The molecule has 0 aromatic heterocycles. The van der Waals surface area contributed by atoms with Gasteiger partial charge in [-0.05, 0) is 31.1 Å². The Morgan fingerprint density at radius 2 is 2.00 bits per heavy atom. The Hall–Kier alpha value is -1.76. The first-order valence-electron chi connectivity index (χ1n) is 5.47. The number of rotatable bonds is 4. The Morgan fingerprint density at radius 3 is 2.56 bits per heavy atom. The van der Waals surface area contributed by atoms with Crippen molar-refractivity contribution in [2.24, 2.45) is 0 Å². The number of allylic oxidation sites excluding steroid dienone is 5. The van der Waals surface area contributed by atoms with Crippen LogP contribution in [-0.4, -0.2) is 7.05 Å². The molecule has 0 spiro atoms. The average Bonchev–Trinajstić information content (AvgIpc) is 2.35. The summed E-state index contributed by atoms with van der Waals surface area (Å²) >= 11 is 0. The molecule has 0 amide bonds. The van der Waals surface area contributed by atoms with Gasteiger partial charge in [0.05, 0.1) is 0 Å². The van der Waals surface area contributed by atoms with E-state index in [9.17, 15) is 0 Å². The van der Waals surface area contributed by atoms with Gasteiger partial charge in [-0.3, -0.25) is 0 Å². The van der Waals surface area contributed by atoms with E-state index in [1.54, 1.807) is 0 Å². The molecule has 0 fully saturated rings. The summed E-state index contributed by atoms with van der Waals surface area (Å²) in [6.45, 7) is 7.94. The van der Waals surface area contributed by atoms with Gasteiger partial charge in [0.15, 0.2) is 0 Å². The summed E-state index contributed by atoms with van der Waals surface area (Å²) in [4.78, 5) is 0. The van der Waals surface area contributed by atoms with Crippen molar-refractivity contribution in [3.63, 3.8) is 0 Å². The molecule has 0 atom stereocenters. The average molecular weight is 213 g/mol. The number of hydrogen-bond acceptors (Lipinski definition) is 1. The van der Waals surface area contributed by atoms with Crippen LogP contribution in [0.5, 0.6) is 0 Å². The predicted molar refractivity (Wildman–Crippen MR) is 73.6 cm³/mol. The van der Waals surface area contributed by atoms with Crippen molar-refractivity contribution >= 4 is 11.3 Å². The molecule has 1 heteroatoms. The Bertz CT molecular complexity index is 425. The van der Waals surface area contributed by atoms with Crippen molar-refractivity contribution < 1.29 is 0 Å². The van der Waals surface area contributed by atoms with Crippen molar-refractivity contribution in [1.29, 1.82) is 0 Å². The molecule has 1 nitrogen and oxygen atoms in total. The quantitative estimate of drug-likeness (QED) is 0.737. The second-order valence-corrected chi connectivity index (χ2v) is 3.60. The smallest absolute Gasteiger partial charge is 0.0417 e. The van der Waals surface area contributed by atoms with Gasteiger partial charge in [0.2, 0.25) is 0 Å². The minimum absolute atomic E-state index is 1.14. The van der Waals surface area contributed by atoms with Crippen LogP contribution in [0.1, 0.15) is 19.4 Å². The molecule has 0 aliphatic rings. The van der Waals surface area contributed by atoms with Crippen LogP contribution in [0.4, 0.5) is 5.69 Å². The first kappa shape index (κ1) is 12.3. The fourth-order valence-electron chi connectivity index (χ4n) is 1.65. The Labute approximate surface area is 98.2 Å². The van der Waals surface area contributed by atoms with Gasteiger partial charge in [-0.15, -0.1) is 0 Å². The Kier molecular flexibility index (Phi) is 4.59. The van der Waals surface area contributed by atoms with E-state index in [0.29, 0.717) is 0 Å². The van der Waals surface area contributed by atoms with Crippen molar-refractivity contribution in [2.75, 3.05) is 12.4 Å². The van der Waals surface area contributed by atoms with Crippen molar-refractivity contribution in [1.82, 2.24) is 0 Å². The van der Waals surface area contributed by atoms with E-state index in [2.05, 4.69) is 49.2 Å². The summed E-state index contributed by atoms with van der Waals surface area (Å²) in [6, 6.07) is 8.28. The van der Waals surface area contributed by atoms with Crippen LogP contribution in [0.15, 0.2) is 54.6 Å². The summed E-state index contributed by atoms with van der Waals surface area (Å²) < 4.78 is 0. The second kappa shape index (κ2) is 5.96. The maximum atomic E-state index is 3.83. The van der Waals surface area contributed by atoms with Gasteiger partial charge in [0, 0.05) is 18.3 Å². The fourth-order valence-corrected chi connectivity index (χ4v) is 1.65. The van der Waals surface area contributed by atoms with Crippen molar-refractivity contribution in [3.8, 4) is 0 Å². The topological polar surface area (TPSA) is 12.0 Å². The van der Waals surface area contributed by atoms with Crippen LogP contribution in [0.3, 0.4) is 0 Å². The summed E-state index contributed by atoms with van der Waals surface area (Å²) in [5.41, 5.74) is 4.74. The number of nitrogens with one attached hydrogen (secondary N) is 1. The molecule has 0 radical (unpaired) electrons. The maximum Gasteiger partial charge on any atom is 0.0417 e. The van der Waals surface area contributed by atoms with E-state index in [-0.39, 0.29) is 0 Å². The zero-order chi connectivity index (χ0) is 12.0. The van der Waals surface area contributed by atoms with Crippen LogP contribution in [0, 0.1) is 0 Å². The zero-order valence-electron chi connectivity index (χ0n) is 10.2. The van der Waals surface area contributed by atoms with E-state index < -0.39 is 0 Å². The largest absolute Gasteiger partial charge is 0.388 e. The SMILES string of the molecule is C=C/C(C)=C(\C=C/C)c1ccccc1NC. The van der Waals surface area contributed by atoms with E-state index in [1.807, 2.05) is 26.1 Å². The number of anilines is 1. The monoisotopic (exact) mass is 213 g/mol. The summed E-state index contributed by atoms with van der Waals surface area (Å²) in [6.07, 6.45) is 6.06. The lowest BCUT2D eigenvalue weighted by Gasteiger charge is -2.11. The summed E-state index contributed by atoms with van der Waals surface area (Å²) in [5, 5.41) is 3.21. The third-order valence-corrected chi connectivity index (χ3v) is 2.55. The highest BCUT2D eigenvalue weighted by Crippen LogP contribution is 2.27. The lowest BCUT2D eigenvalue weighted by Crippen LogP contribution is -1.94. The number of hydrogen-bond donors (Lipinski definition) is 1. The van der Waals surface area contributed by atoms with Crippen LogP contribution >= 0.6 is 0 Å². The van der Waals surface area contributed by atoms with Gasteiger partial charge in [-0.2, -0.15) is 0 Å². The first-order chi connectivity index (χ1) is 7.74. The third kappa shape index (κ3) is 2.63. The molecule has 0 saturated carbocycles. The Balaban J connectivity index is 3.37. The van der Waals surface area contributed by atoms with Crippen LogP contribution < -0.4 is 5.32 Å². The standard InChI is InChI=1S/C15H19N/c1-5-9-13(12(3)6-2)14-10-7-8-11-15(14)16-4/h5-11,16H,2H2,1,3-4H3/b9-5-,13-12+. The minimum Gasteiger partial charge on any atom is -0.388 e. The molecule has 0 heterocycles. The van der Waals surface area contributed by atoms with Gasteiger partial charge >= 0.3 is 0 Å². The first-order valence-corrected chi connectivity index (χ1v) is 5.47. The lowest BCUT2D eigenvalue weighted by atomic mass is 9.98. The number of benzene rings is 1. The molecule has 1 aromatic carbocycles. The van der Waals surface area contributed by atoms with Gasteiger partial charge in [0.25, 0.3) is 0 Å². The van der Waals surface area contributed by atoms with Crippen LogP contribution in [0.25, 0.3) is 5.57 Å². The molecule has 84 valence electrons. The van der Waals surface area contributed by atoms with Crippen molar-refractivity contribution in [3.05, 3.63) is 60.2 Å². The van der Waals surface area contributed by atoms with Crippen molar-refractivity contribution in [2.45, 2.75) is 13.8 Å². The normalized spacial score (nSPS) is 12.4. The highest BCUT2D eigenvalue weighted by molar-refractivity contribution is 5.84. The highest BCUT2D eigenvalue weighted by atomic mass is 14.8. The molecule has 0 aliphatic heterocycles. The molecular weight excluding hydrogens is 194 g/mol. The molecule has 1 rings (SSSR count). The zero-order valence-corrected chi connectivity index (χ0v) is 10.2. The van der Waals surface area contributed by atoms with Gasteiger partial charge in [0.1, 0.15) is 0 Å². The number of para-hydroxylation sites is 1. The van der Waals surface area contributed by atoms with E-state index in [0.717, 1.165) is 5.69 Å². The minimum atomic E-state index is 1.14. The molecule has 0 aliphatic carbocycles. The lowest BCUT2D eigenvalue weighted by molar-refractivity contribution is 1.45. The van der Waals surface area contributed by atoms with E-state index in [1.165, 1.54) is 16.7 Å². The Morgan fingerprint density at radius 1 is 1.31 bits per heavy atom. The molecule has 0 bridgehead atoms. The second-order valence-electron chi connectivity index (χ2n) is 3.60. The maximum absolute atomic E-state index is 3.83. The third-order valence-electron chi connectivity index (χ3n) is 2.55. The van der Waals surface area contributed by atoms with Gasteiger partial charge < -0.3 is 5.32 Å². The van der Waals surface area contributed by atoms with Gasteiger partial charge in [-0.25, -0.2) is 0 Å². The molecule has 0 unspecified atom stereocenters. The summed E-state index contributed by atoms with van der Waals surface area (Å²) in [5.74, 6) is 0.